The quantitative estimate of drug-likeness (QED) is 0.800. The Hall–Kier alpha value is -1.92. The monoisotopic (exact) mass is 419 g/mol. The second kappa shape index (κ2) is 8.84. The summed E-state index contributed by atoms with van der Waals surface area (Å²) in [6, 6.07) is 8.37. The van der Waals surface area contributed by atoms with E-state index in [1.807, 2.05) is 9.58 Å². The Morgan fingerprint density at radius 3 is 2.41 bits per heavy atom. The van der Waals surface area contributed by atoms with Gasteiger partial charge < -0.3 is 10.6 Å². The van der Waals surface area contributed by atoms with E-state index < -0.39 is 0 Å². The van der Waals surface area contributed by atoms with E-state index in [0.29, 0.717) is 18.8 Å². The maximum Gasteiger partial charge on any atom is 0.276 e. The molecule has 1 aromatic carbocycles. The second-order valence-corrected chi connectivity index (χ2v) is 9.33. The van der Waals surface area contributed by atoms with Crippen LogP contribution in [0.2, 0.25) is 0 Å². The van der Waals surface area contributed by atoms with Crippen molar-refractivity contribution in [2.45, 2.75) is 59.3 Å². The van der Waals surface area contributed by atoms with Gasteiger partial charge >= 0.3 is 0 Å². The summed E-state index contributed by atoms with van der Waals surface area (Å²) in [7, 11) is 0. The van der Waals surface area contributed by atoms with Gasteiger partial charge in [0.15, 0.2) is 5.69 Å². The van der Waals surface area contributed by atoms with Crippen LogP contribution in [0.3, 0.4) is 0 Å². The predicted octanol–water partition coefficient (Wildman–Crippen LogP) is 3.75. The molecule has 0 bridgehead atoms. The van der Waals surface area contributed by atoms with Gasteiger partial charge in [0.1, 0.15) is 0 Å². The molecule has 2 heterocycles. The summed E-state index contributed by atoms with van der Waals surface area (Å²) in [6.45, 7) is 12.8. The molecule has 1 aliphatic heterocycles. The van der Waals surface area contributed by atoms with E-state index in [0.717, 1.165) is 37.2 Å². The highest BCUT2D eigenvalue weighted by molar-refractivity contribution is 5.93. The van der Waals surface area contributed by atoms with Crippen LogP contribution in [0.4, 0.5) is 0 Å². The lowest BCUT2D eigenvalue weighted by Gasteiger charge is -2.22. The van der Waals surface area contributed by atoms with Crippen LogP contribution >= 0.6 is 12.4 Å². The Morgan fingerprint density at radius 1 is 1.24 bits per heavy atom. The summed E-state index contributed by atoms with van der Waals surface area (Å²) in [5.74, 6) is -0.0295. The molecule has 0 aliphatic carbocycles. The van der Waals surface area contributed by atoms with Gasteiger partial charge in [-0.1, -0.05) is 58.4 Å². The number of halogens is 1. The van der Waals surface area contributed by atoms with E-state index in [1.165, 1.54) is 5.56 Å². The molecule has 1 unspecified atom stereocenters. The smallest absolute Gasteiger partial charge is 0.276 e. The SMILES string of the molecule is CCCc1c(C(=O)N2CCC(C)(CN)C2)nnn1-c1ccc(C(C)(C)C)cc1.Cl. The van der Waals surface area contributed by atoms with Gasteiger partial charge in [0.25, 0.3) is 5.91 Å². The van der Waals surface area contributed by atoms with Crippen molar-refractivity contribution in [3.05, 3.63) is 41.2 Å². The summed E-state index contributed by atoms with van der Waals surface area (Å²) in [4.78, 5) is 15.0. The molecule has 1 fully saturated rings. The number of nitrogens with two attached hydrogens (primary N) is 1. The van der Waals surface area contributed by atoms with Gasteiger partial charge in [-0.05, 0) is 47.9 Å². The fourth-order valence-corrected chi connectivity index (χ4v) is 3.75. The van der Waals surface area contributed by atoms with Crippen molar-refractivity contribution in [3.63, 3.8) is 0 Å². The third kappa shape index (κ3) is 4.81. The van der Waals surface area contributed by atoms with Crippen LogP contribution < -0.4 is 5.73 Å². The van der Waals surface area contributed by atoms with Gasteiger partial charge in [-0.25, -0.2) is 4.68 Å². The molecule has 2 aromatic rings. The topological polar surface area (TPSA) is 77.0 Å². The van der Waals surface area contributed by atoms with E-state index in [1.54, 1.807) is 0 Å². The molecule has 1 saturated heterocycles. The number of hydrogen-bond acceptors (Lipinski definition) is 4. The largest absolute Gasteiger partial charge is 0.337 e. The molecule has 160 valence electrons. The Kier molecular flexibility index (Phi) is 7.12. The van der Waals surface area contributed by atoms with E-state index in [2.05, 4.69) is 69.2 Å². The third-order valence-corrected chi connectivity index (χ3v) is 5.77. The molecular formula is C22H34ClN5O. The van der Waals surface area contributed by atoms with Gasteiger partial charge in [0.2, 0.25) is 0 Å². The van der Waals surface area contributed by atoms with Gasteiger partial charge in [-0.15, -0.1) is 17.5 Å². The first-order chi connectivity index (χ1) is 13.2. The van der Waals surface area contributed by atoms with Crippen LogP contribution in [0.1, 0.15) is 69.2 Å². The van der Waals surface area contributed by atoms with Crippen molar-refractivity contribution in [1.82, 2.24) is 19.9 Å². The number of amides is 1. The zero-order valence-corrected chi connectivity index (χ0v) is 19.1. The highest BCUT2D eigenvalue weighted by atomic mass is 35.5. The molecule has 7 heteroatoms. The van der Waals surface area contributed by atoms with Crippen molar-refractivity contribution >= 4 is 18.3 Å². The first-order valence-electron chi connectivity index (χ1n) is 10.2. The zero-order chi connectivity index (χ0) is 20.5. The number of likely N-dealkylation sites (tertiary alicyclic amines) is 1. The van der Waals surface area contributed by atoms with Crippen molar-refractivity contribution in [2.24, 2.45) is 11.1 Å². The van der Waals surface area contributed by atoms with Crippen LogP contribution in [0.5, 0.6) is 0 Å². The number of nitrogens with zero attached hydrogens (tertiary/aromatic N) is 4. The Balaban J connectivity index is 0.00000300. The molecule has 29 heavy (non-hydrogen) atoms. The molecule has 0 saturated carbocycles. The lowest BCUT2D eigenvalue weighted by molar-refractivity contribution is 0.0770. The third-order valence-electron chi connectivity index (χ3n) is 5.77. The molecular weight excluding hydrogens is 386 g/mol. The highest BCUT2D eigenvalue weighted by Gasteiger charge is 2.37. The summed E-state index contributed by atoms with van der Waals surface area (Å²) in [5.41, 5.74) is 9.56. The Labute approximate surface area is 180 Å². The first-order valence-corrected chi connectivity index (χ1v) is 10.2. The number of carbonyl (C=O) groups excluding carboxylic acids is 1. The van der Waals surface area contributed by atoms with Crippen LogP contribution in [0, 0.1) is 5.41 Å². The fraction of sp³-hybridized carbons (Fsp3) is 0.591. The molecule has 1 amide bonds. The minimum absolute atomic E-state index is 0. The van der Waals surface area contributed by atoms with Gasteiger partial charge in [-0.2, -0.15) is 0 Å². The molecule has 3 rings (SSSR count). The molecule has 1 aromatic heterocycles. The predicted molar refractivity (Wildman–Crippen MR) is 119 cm³/mol. The lowest BCUT2D eigenvalue weighted by atomic mass is 9.87. The average Bonchev–Trinajstić information content (AvgIpc) is 3.26. The van der Waals surface area contributed by atoms with E-state index in [9.17, 15) is 4.79 Å². The number of rotatable bonds is 5. The van der Waals surface area contributed by atoms with Crippen molar-refractivity contribution in [2.75, 3.05) is 19.6 Å². The van der Waals surface area contributed by atoms with Crippen molar-refractivity contribution in [3.8, 4) is 5.69 Å². The van der Waals surface area contributed by atoms with E-state index in [4.69, 9.17) is 5.73 Å². The normalized spacial score (nSPS) is 19.3. The zero-order valence-electron chi connectivity index (χ0n) is 18.2. The summed E-state index contributed by atoms with van der Waals surface area (Å²) in [6.07, 6.45) is 2.62. The van der Waals surface area contributed by atoms with Crippen molar-refractivity contribution in [1.29, 1.82) is 0 Å². The molecule has 1 atom stereocenters. The average molecular weight is 420 g/mol. The summed E-state index contributed by atoms with van der Waals surface area (Å²) >= 11 is 0. The molecule has 6 nitrogen and oxygen atoms in total. The van der Waals surface area contributed by atoms with E-state index >= 15 is 0 Å². The number of benzene rings is 1. The standard InChI is InChI=1S/C22H33N5O.ClH/c1-6-7-18-19(20(28)26-13-12-22(5,14-23)15-26)24-25-27(18)17-10-8-16(9-11-17)21(2,3)4;/h8-11H,6-7,12-15,23H2,1-5H3;1H. The number of carbonyl (C=O) groups is 1. The number of aromatic nitrogens is 3. The van der Waals surface area contributed by atoms with Crippen LogP contribution in [0.25, 0.3) is 5.69 Å². The first kappa shape index (κ1) is 23.4. The summed E-state index contributed by atoms with van der Waals surface area (Å²) < 4.78 is 1.82. The van der Waals surface area contributed by atoms with Crippen LogP contribution in [0.15, 0.2) is 24.3 Å². The van der Waals surface area contributed by atoms with Crippen molar-refractivity contribution < 1.29 is 4.79 Å². The van der Waals surface area contributed by atoms with Gasteiger partial charge in [0, 0.05) is 13.1 Å². The molecule has 1 aliphatic rings. The van der Waals surface area contributed by atoms with Crippen LogP contribution in [-0.2, 0) is 11.8 Å². The second-order valence-electron chi connectivity index (χ2n) is 9.33. The van der Waals surface area contributed by atoms with Gasteiger partial charge in [-0.3, -0.25) is 4.79 Å². The number of hydrogen-bond donors (Lipinski definition) is 1. The molecule has 0 spiro atoms. The lowest BCUT2D eigenvalue weighted by Crippen LogP contribution is -2.35. The Bertz CT molecular complexity index is 840. The highest BCUT2D eigenvalue weighted by Crippen LogP contribution is 2.30. The van der Waals surface area contributed by atoms with E-state index in [-0.39, 0.29) is 29.1 Å². The molecule has 2 N–H and O–H groups in total. The minimum Gasteiger partial charge on any atom is -0.337 e. The van der Waals surface area contributed by atoms with Gasteiger partial charge in [0.05, 0.1) is 11.4 Å². The van der Waals surface area contributed by atoms with Crippen LogP contribution in [-0.4, -0.2) is 45.4 Å². The fourth-order valence-electron chi connectivity index (χ4n) is 3.75. The maximum atomic E-state index is 13.1. The minimum atomic E-state index is -0.0295. The summed E-state index contributed by atoms with van der Waals surface area (Å²) in [5, 5.41) is 8.63. The molecule has 0 radical (unpaired) electrons. The maximum absolute atomic E-state index is 13.1. The Morgan fingerprint density at radius 2 is 1.90 bits per heavy atom.